The van der Waals surface area contributed by atoms with E-state index < -0.39 is 0 Å². The molecule has 0 atom stereocenters. The standard InChI is InChI=1S/C11H13BrN4O/c1-13-4-5-14-11(17)10-8-6-7(12)2-3-9(8)15-16-10/h2-3,6,13H,4-5H2,1H3,(H,14,17)(H,15,16). The zero-order valence-electron chi connectivity index (χ0n) is 9.38. The van der Waals surface area contributed by atoms with Gasteiger partial charge < -0.3 is 10.6 Å². The third-order valence-electron chi connectivity index (χ3n) is 2.40. The third kappa shape index (κ3) is 2.65. The number of hydrogen-bond acceptors (Lipinski definition) is 3. The van der Waals surface area contributed by atoms with Crippen LogP contribution in [0, 0.1) is 0 Å². The van der Waals surface area contributed by atoms with E-state index in [0.717, 1.165) is 21.9 Å². The first-order valence-electron chi connectivity index (χ1n) is 5.29. The summed E-state index contributed by atoms with van der Waals surface area (Å²) in [5, 5.41) is 13.5. The first kappa shape index (κ1) is 12.1. The maximum absolute atomic E-state index is 11.9. The van der Waals surface area contributed by atoms with E-state index in [4.69, 9.17) is 0 Å². The SMILES string of the molecule is CNCCNC(=O)c1n[nH]c2ccc(Br)cc12. The second kappa shape index (κ2) is 5.29. The Labute approximate surface area is 107 Å². The molecule has 0 aliphatic rings. The van der Waals surface area contributed by atoms with Crippen molar-refractivity contribution in [3.63, 3.8) is 0 Å². The predicted molar refractivity (Wildman–Crippen MR) is 70.1 cm³/mol. The van der Waals surface area contributed by atoms with Crippen molar-refractivity contribution in [3.8, 4) is 0 Å². The minimum Gasteiger partial charge on any atom is -0.349 e. The van der Waals surface area contributed by atoms with Crippen LogP contribution in [0.2, 0.25) is 0 Å². The molecule has 0 aliphatic carbocycles. The normalized spacial score (nSPS) is 10.7. The highest BCUT2D eigenvalue weighted by atomic mass is 79.9. The van der Waals surface area contributed by atoms with Gasteiger partial charge in [-0.3, -0.25) is 9.89 Å². The Morgan fingerprint density at radius 1 is 1.47 bits per heavy atom. The quantitative estimate of drug-likeness (QED) is 0.744. The summed E-state index contributed by atoms with van der Waals surface area (Å²) in [6.45, 7) is 1.31. The van der Waals surface area contributed by atoms with Crippen LogP contribution in [0.4, 0.5) is 0 Å². The summed E-state index contributed by atoms with van der Waals surface area (Å²) >= 11 is 3.38. The Bertz CT molecular complexity index is 537. The molecule has 1 aromatic carbocycles. The van der Waals surface area contributed by atoms with E-state index in [9.17, 15) is 4.79 Å². The maximum atomic E-state index is 11.9. The molecule has 0 saturated heterocycles. The largest absolute Gasteiger partial charge is 0.349 e. The number of fused-ring (bicyclic) bond motifs is 1. The van der Waals surface area contributed by atoms with Crippen LogP contribution in [0.5, 0.6) is 0 Å². The molecule has 1 aromatic heterocycles. The fraction of sp³-hybridized carbons (Fsp3) is 0.273. The molecule has 0 spiro atoms. The van der Waals surface area contributed by atoms with Gasteiger partial charge in [0.2, 0.25) is 0 Å². The van der Waals surface area contributed by atoms with Gasteiger partial charge in [0.05, 0.1) is 5.52 Å². The van der Waals surface area contributed by atoms with Crippen molar-refractivity contribution < 1.29 is 4.79 Å². The van der Waals surface area contributed by atoms with Crippen molar-refractivity contribution in [2.45, 2.75) is 0 Å². The van der Waals surface area contributed by atoms with Gasteiger partial charge in [0.15, 0.2) is 5.69 Å². The smallest absolute Gasteiger partial charge is 0.272 e. The van der Waals surface area contributed by atoms with Crippen LogP contribution in [0.15, 0.2) is 22.7 Å². The highest BCUT2D eigenvalue weighted by molar-refractivity contribution is 9.10. The molecule has 17 heavy (non-hydrogen) atoms. The Hall–Kier alpha value is -1.40. The van der Waals surface area contributed by atoms with E-state index in [2.05, 4.69) is 36.8 Å². The number of halogens is 1. The van der Waals surface area contributed by atoms with E-state index >= 15 is 0 Å². The van der Waals surface area contributed by atoms with Crippen molar-refractivity contribution in [3.05, 3.63) is 28.4 Å². The number of carbonyl (C=O) groups is 1. The number of H-pyrrole nitrogens is 1. The number of rotatable bonds is 4. The highest BCUT2D eigenvalue weighted by Crippen LogP contribution is 2.20. The molecule has 1 amide bonds. The molecule has 90 valence electrons. The molecule has 0 bridgehead atoms. The second-order valence-electron chi connectivity index (χ2n) is 3.62. The lowest BCUT2D eigenvalue weighted by molar-refractivity contribution is 0.0951. The predicted octanol–water partition coefficient (Wildman–Crippen LogP) is 1.27. The summed E-state index contributed by atoms with van der Waals surface area (Å²) in [7, 11) is 1.84. The summed E-state index contributed by atoms with van der Waals surface area (Å²) < 4.78 is 0.927. The molecule has 2 rings (SSSR count). The topological polar surface area (TPSA) is 69.8 Å². The van der Waals surface area contributed by atoms with Crippen LogP contribution >= 0.6 is 15.9 Å². The van der Waals surface area contributed by atoms with Crippen molar-refractivity contribution >= 4 is 32.7 Å². The van der Waals surface area contributed by atoms with Gasteiger partial charge in [-0.15, -0.1) is 0 Å². The fourth-order valence-corrected chi connectivity index (χ4v) is 1.91. The van der Waals surface area contributed by atoms with Crippen LogP contribution in [0.3, 0.4) is 0 Å². The van der Waals surface area contributed by atoms with Gasteiger partial charge in [0.1, 0.15) is 0 Å². The molecule has 3 N–H and O–H groups in total. The van der Waals surface area contributed by atoms with E-state index in [0.29, 0.717) is 12.2 Å². The van der Waals surface area contributed by atoms with Crippen LogP contribution in [-0.4, -0.2) is 36.2 Å². The molecular weight excluding hydrogens is 284 g/mol. The molecule has 1 heterocycles. The van der Waals surface area contributed by atoms with Crippen molar-refractivity contribution in [1.82, 2.24) is 20.8 Å². The zero-order chi connectivity index (χ0) is 12.3. The summed E-state index contributed by atoms with van der Waals surface area (Å²) in [6, 6.07) is 5.67. The molecule has 0 aliphatic heterocycles. The minimum absolute atomic E-state index is 0.162. The Kier molecular flexibility index (Phi) is 3.75. The van der Waals surface area contributed by atoms with Crippen LogP contribution in [0.1, 0.15) is 10.5 Å². The molecule has 6 heteroatoms. The lowest BCUT2D eigenvalue weighted by Gasteiger charge is -2.02. The number of nitrogens with zero attached hydrogens (tertiary/aromatic N) is 1. The molecule has 0 saturated carbocycles. The lowest BCUT2D eigenvalue weighted by atomic mass is 10.2. The van der Waals surface area contributed by atoms with Gasteiger partial charge in [-0.25, -0.2) is 0 Å². The van der Waals surface area contributed by atoms with Gasteiger partial charge >= 0.3 is 0 Å². The van der Waals surface area contributed by atoms with Gasteiger partial charge in [0, 0.05) is 22.9 Å². The van der Waals surface area contributed by atoms with Crippen LogP contribution < -0.4 is 10.6 Å². The summed E-state index contributed by atoms with van der Waals surface area (Å²) in [5.41, 5.74) is 1.28. The van der Waals surface area contributed by atoms with Gasteiger partial charge in [0.25, 0.3) is 5.91 Å². The van der Waals surface area contributed by atoms with Gasteiger partial charge in [-0.1, -0.05) is 15.9 Å². The van der Waals surface area contributed by atoms with Crippen molar-refractivity contribution in [2.24, 2.45) is 0 Å². The number of carbonyl (C=O) groups excluding carboxylic acids is 1. The Morgan fingerprint density at radius 3 is 3.06 bits per heavy atom. The first-order valence-corrected chi connectivity index (χ1v) is 6.08. The maximum Gasteiger partial charge on any atom is 0.272 e. The molecule has 5 nitrogen and oxygen atoms in total. The zero-order valence-corrected chi connectivity index (χ0v) is 11.0. The fourth-order valence-electron chi connectivity index (χ4n) is 1.54. The number of aromatic nitrogens is 2. The third-order valence-corrected chi connectivity index (χ3v) is 2.89. The van der Waals surface area contributed by atoms with E-state index in [1.807, 2.05) is 25.2 Å². The van der Waals surface area contributed by atoms with Crippen molar-refractivity contribution in [2.75, 3.05) is 20.1 Å². The van der Waals surface area contributed by atoms with Crippen LogP contribution in [0.25, 0.3) is 10.9 Å². The first-order chi connectivity index (χ1) is 8.22. The second-order valence-corrected chi connectivity index (χ2v) is 4.54. The summed E-state index contributed by atoms with van der Waals surface area (Å²) in [6.07, 6.45) is 0. The number of likely N-dealkylation sites (N-methyl/N-ethyl adjacent to an activating group) is 1. The Morgan fingerprint density at radius 2 is 2.29 bits per heavy atom. The number of benzene rings is 1. The number of nitrogens with one attached hydrogen (secondary N) is 3. The number of hydrogen-bond donors (Lipinski definition) is 3. The van der Waals surface area contributed by atoms with Crippen molar-refractivity contribution in [1.29, 1.82) is 0 Å². The molecule has 0 radical (unpaired) electrons. The summed E-state index contributed by atoms with van der Waals surface area (Å²) in [5.74, 6) is -0.162. The average Bonchev–Trinajstić information content (AvgIpc) is 2.72. The number of amides is 1. The Balaban J connectivity index is 2.23. The van der Waals surface area contributed by atoms with Gasteiger partial charge in [-0.2, -0.15) is 5.10 Å². The molecule has 0 fully saturated rings. The minimum atomic E-state index is -0.162. The van der Waals surface area contributed by atoms with E-state index in [-0.39, 0.29) is 5.91 Å². The monoisotopic (exact) mass is 296 g/mol. The molecule has 0 unspecified atom stereocenters. The average molecular weight is 297 g/mol. The number of aromatic amines is 1. The van der Waals surface area contributed by atoms with Gasteiger partial charge in [-0.05, 0) is 25.2 Å². The summed E-state index contributed by atoms with van der Waals surface area (Å²) in [4.78, 5) is 11.9. The lowest BCUT2D eigenvalue weighted by Crippen LogP contribution is -2.30. The highest BCUT2D eigenvalue weighted by Gasteiger charge is 2.13. The van der Waals surface area contributed by atoms with E-state index in [1.165, 1.54) is 0 Å². The van der Waals surface area contributed by atoms with E-state index in [1.54, 1.807) is 0 Å². The molecular formula is C11H13BrN4O. The molecule has 2 aromatic rings. The van der Waals surface area contributed by atoms with Crippen LogP contribution in [-0.2, 0) is 0 Å².